The molecule has 1 aliphatic rings. The molecule has 0 radical (unpaired) electrons. The van der Waals surface area contributed by atoms with E-state index < -0.39 is 63.6 Å². The van der Waals surface area contributed by atoms with Crippen LogP contribution in [-0.2, 0) is 19.7 Å². The van der Waals surface area contributed by atoms with Gasteiger partial charge in [-0.05, 0) is 41.7 Å². The highest BCUT2D eigenvalue weighted by Crippen LogP contribution is 2.52. The van der Waals surface area contributed by atoms with E-state index in [1.165, 1.54) is 18.2 Å². The van der Waals surface area contributed by atoms with Crippen LogP contribution in [0.3, 0.4) is 0 Å². The maximum atomic E-state index is 15.4. The first-order chi connectivity index (χ1) is 17.0. The largest absolute Gasteiger partial charge is 0.491 e. The summed E-state index contributed by atoms with van der Waals surface area (Å²) < 4.78 is 72.1. The predicted octanol–water partition coefficient (Wildman–Crippen LogP) is 6.23. The smallest absolute Gasteiger partial charge is 0.385 e. The minimum Gasteiger partial charge on any atom is -0.385 e. The van der Waals surface area contributed by atoms with E-state index in [0.29, 0.717) is 0 Å². The van der Waals surface area contributed by atoms with E-state index in [1.807, 2.05) is 0 Å². The molecule has 5 nitrogen and oxygen atoms in total. The third-order valence-corrected chi connectivity index (χ3v) is 6.64. The van der Waals surface area contributed by atoms with Gasteiger partial charge in [-0.3, -0.25) is 5.32 Å². The van der Waals surface area contributed by atoms with E-state index >= 15 is 4.39 Å². The van der Waals surface area contributed by atoms with Crippen LogP contribution in [0, 0.1) is 28.4 Å². The van der Waals surface area contributed by atoms with Gasteiger partial charge in [0.1, 0.15) is 23.1 Å². The van der Waals surface area contributed by atoms with E-state index in [9.17, 15) is 32.4 Å². The Morgan fingerprint density at radius 2 is 1.73 bits per heavy atom. The molecule has 2 aromatic rings. The maximum Gasteiger partial charge on any atom is 0.491 e. The molecule has 1 aliphatic heterocycles. The molecule has 0 amide bonds. The van der Waals surface area contributed by atoms with Crippen molar-refractivity contribution in [3.8, 4) is 6.07 Å². The number of nitrogens with zero attached hydrogens (tertiary/aromatic N) is 1. The number of hydrogen-bond acceptors (Lipinski definition) is 5. The molecule has 4 atom stereocenters. The molecule has 198 valence electrons. The van der Waals surface area contributed by atoms with Crippen LogP contribution in [0.15, 0.2) is 36.4 Å². The molecular formula is C25H21Cl2F5N2O3. The highest BCUT2D eigenvalue weighted by molar-refractivity contribution is 6.31. The third kappa shape index (κ3) is 5.74. The Labute approximate surface area is 219 Å². The van der Waals surface area contributed by atoms with E-state index in [2.05, 4.69) is 16.1 Å². The fraction of sp³-hybridized carbons (Fsp3) is 0.400. The quantitative estimate of drug-likeness (QED) is 0.271. The van der Waals surface area contributed by atoms with Crippen LogP contribution in [0.25, 0.3) is 0 Å². The molecule has 1 fully saturated rings. The van der Waals surface area contributed by atoms with Crippen LogP contribution in [0.5, 0.6) is 0 Å². The first-order valence-corrected chi connectivity index (χ1v) is 11.7. The van der Waals surface area contributed by atoms with Crippen LogP contribution in [0.1, 0.15) is 44.2 Å². The van der Waals surface area contributed by atoms with Crippen molar-refractivity contribution in [3.05, 3.63) is 69.2 Å². The second kappa shape index (κ2) is 10.2. The summed E-state index contributed by atoms with van der Waals surface area (Å²) in [5.74, 6) is -7.59. The van der Waals surface area contributed by atoms with Gasteiger partial charge in [0.15, 0.2) is 0 Å². The molecule has 4 unspecified atom stereocenters. The lowest BCUT2D eigenvalue weighted by atomic mass is 9.63. The van der Waals surface area contributed by atoms with Crippen molar-refractivity contribution in [1.82, 2.24) is 5.32 Å². The zero-order chi connectivity index (χ0) is 27.9. The zero-order valence-electron chi connectivity index (χ0n) is 19.7. The van der Waals surface area contributed by atoms with Gasteiger partial charge in [-0.2, -0.15) is 18.4 Å². The fourth-order valence-corrected chi connectivity index (χ4v) is 5.07. The maximum absolute atomic E-state index is 15.4. The number of carbonyl (C=O) groups excluding carboxylic acids is 2. The molecule has 1 N–H and O–H groups in total. The van der Waals surface area contributed by atoms with Crippen molar-refractivity contribution in [2.75, 3.05) is 0 Å². The number of benzene rings is 2. The standard InChI is InChI=1S/C25H21Cl2F5N2O3/c1-23(2,3)10-18-24(11-33,14-6-5-13(26)9-17(14)29)19(12-4-7-16(28)15(27)8-12)20(34-18)21(35)37-22(36)25(30,31)32/h4-9,18-20,34H,10H2,1-3H3. The number of carbonyl (C=O) groups is 2. The Morgan fingerprint density at radius 1 is 1.08 bits per heavy atom. The molecule has 0 aliphatic carbocycles. The Bertz CT molecular complexity index is 1270. The van der Waals surface area contributed by atoms with Gasteiger partial charge in [-0.25, -0.2) is 18.4 Å². The van der Waals surface area contributed by atoms with Gasteiger partial charge in [0.2, 0.25) is 0 Å². The van der Waals surface area contributed by atoms with Crippen LogP contribution in [0.4, 0.5) is 22.0 Å². The highest BCUT2D eigenvalue weighted by atomic mass is 35.5. The highest BCUT2D eigenvalue weighted by Gasteiger charge is 2.61. The van der Waals surface area contributed by atoms with Crippen molar-refractivity contribution in [1.29, 1.82) is 5.26 Å². The molecule has 12 heteroatoms. The molecule has 0 saturated carbocycles. The number of esters is 2. The van der Waals surface area contributed by atoms with Crippen LogP contribution in [-0.4, -0.2) is 30.2 Å². The van der Waals surface area contributed by atoms with Gasteiger partial charge in [0.25, 0.3) is 0 Å². The molecule has 1 saturated heterocycles. The van der Waals surface area contributed by atoms with Gasteiger partial charge in [-0.1, -0.05) is 56.1 Å². The number of ether oxygens (including phenoxy) is 1. The zero-order valence-corrected chi connectivity index (χ0v) is 21.2. The fourth-order valence-electron chi connectivity index (χ4n) is 4.72. The Kier molecular flexibility index (Phi) is 7.94. The van der Waals surface area contributed by atoms with Crippen molar-refractivity contribution < 1.29 is 36.3 Å². The van der Waals surface area contributed by atoms with Crippen molar-refractivity contribution in [3.63, 3.8) is 0 Å². The van der Waals surface area contributed by atoms with Gasteiger partial charge in [0, 0.05) is 22.5 Å². The molecular weight excluding hydrogens is 542 g/mol. The number of hydrogen-bond donors (Lipinski definition) is 1. The molecule has 1 heterocycles. The number of nitriles is 1. The van der Waals surface area contributed by atoms with E-state index in [4.69, 9.17) is 23.2 Å². The van der Waals surface area contributed by atoms with E-state index in [0.717, 1.165) is 18.2 Å². The molecule has 37 heavy (non-hydrogen) atoms. The summed E-state index contributed by atoms with van der Waals surface area (Å²) in [7, 11) is 0. The average molecular weight is 563 g/mol. The summed E-state index contributed by atoms with van der Waals surface area (Å²) in [6.07, 6.45) is -5.34. The minimum absolute atomic E-state index is 0.0146. The summed E-state index contributed by atoms with van der Waals surface area (Å²) in [4.78, 5) is 24.5. The van der Waals surface area contributed by atoms with Gasteiger partial charge in [-0.15, -0.1) is 0 Å². The molecule has 2 aromatic carbocycles. The average Bonchev–Trinajstić information content (AvgIpc) is 3.08. The van der Waals surface area contributed by atoms with Crippen molar-refractivity contribution in [2.24, 2.45) is 5.41 Å². The lowest BCUT2D eigenvalue weighted by Crippen LogP contribution is -2.44. The van der Waals surface area contributed by atoms with Crippen molar-refractivity contribution in [2.45, 2.75) is 56.8 Å². The monoisotopic (exact) mass is 562 g/mol. The van der Waals surface area contributed by atoms with Crippen LogP contribution >= 0.6 is 23.2 Å². The number of nitrogens with one attached hydrogen (secondary N) is 1. The normalized spacial score (nSPS) is 24.0. The first kappa shape index (κ1) is 28.8. The Balaban J connectivity index is 2.31. The topological polar surface area (TPSA) is 79.2 Å². The lowest BCUT2D eigenvalue weighted by Gasteiger charge is -2.37. The number of alkyl halides is 3. The molecule has 0 aromatic heterocycles. The molecule has 3 rings (SSSR count). The molecule has 0 bridgehead atoms. The molecule has 0 spiro atoms. The summed E-state index contributed by atoms with van der Waals surface area (Å²) >= 11 is 11.9. The Morgan fingerprint density at radius 3 is 2.24 bits per heavy atom. The van der Waals surface area contributed by atoms with Gasteiger partial charge in [0.05, 0.1) is 11.1 Å². The lowest BCUT2D eigenvalue weighted by molar-refractivity contribution is -0.202. The van der Waals surface area contributed by atoms with E-state index in [1.54, 1.807) is 20.8 Å². The summed E-state index contributed by atoms with van der Waals surface area (Å²) in [5, 5.41) is 13.0. The Hall–Kier alpha value is -2.74. The second-order valence-electron chi connectivity index (χ2n) is 9.92. The van der Waals surface area contributed by atoms with Gasteiger partial charge < -0.3 is 4.74 Å². The van der Waals surface area contributed by atoms with E-state index in [-0.39, 0.29) is 22.6 Å². The SMILES string of the molecule is CC(C)(C)CC1NC(C(=O)OC(=O)C(F)(F)F)C(c2ccc(F)c(Cl)c2)C1(C#N)c1ccc(Cl)cc1F. The summed E-state index contributed by atoms with van der Waals surface area (Å²) in [5.41, 5.74) is -2.65. The summed E-state index contributed by atoms with van der Waals surface area (Å²) in [6, 6.07) is 6.03. The van der Waals surface area contributed by atoms with Gasteiger partial charge >= 0.3 is 18.1 Å². The first-order valence-electron chi connectivity index (χ1n) is 10.9. The van der Waals surface area contributed by atoms with Crippen LogP contribution < -0.4 is 5.32 Å². The number of rotatable bonds is 4. The summed E-state index contributed by atoms with van der Waals surface area (Å²) in [6.45, 7) is 5.41. The predicted molar refractivity (Wildman–Crippen MR) is 125 cm³/mol. The minimum atomic E-state index is -5.47. The van der Waals surface area contributed by atoms with Crippen LogP contribution in [0.2, 0.25) is 10.0 Å². The number of halogens is 7. The third-order valence-electron chi connectivity index (χ3n) is 6.11. The van der Waals surface area contributed by atoms with Crippen molar-refractivity contribution >= 4 is 35.1 Å². The second-order valence-corrected chi connectivity index (χ2v) is 10.8.